The van der Waals surface area contributed by atoms with E-state index in [1.165, 1.54) is 31.4 Å². The molecule has 0 saturated heterocycles. The van der Waals surface area contributed by atoms with Crippen molar-refractivity contribution in [1.82, 2.24) is 5.32 Å². The van der Waals surface area contributed by atoms with Gasteiger partial charge in [0, 0.05) is 6.54 Å². The third kappa shape index (κ3) is 5.82. The number of hydrogen-bond donors (Lipinski definition) is 1. The minimum atomic E-state index is -4.39. The number of nitrogens with one attached hydrogen (secondary N) is 1. The van der Waals surface area contributed by atoms with Crippen molar-refractivity contribution in [2.24, 2.45) is 5.92 Å². The van der Waals surface area contributed by atoms with Gasteiger partial charge >= 0.3 is 6.18 Å². The summed E-state index contributed by atoms with van der Waals surface area (Å²) in [5.41, 5.74) is -0.383. The van der Waals surface area contributed by atoms with Gasteiger partial charge in [-0.05, 0) is 30.4 Å². The second kappa shape index (κ2) is 8.51. The summed E-state index contributed by atoms with van der Waals surface area (Å²) >= 11 is 0. The molecule has 24 heavy (non-hydrogen) atoms. The average Bonchev–Trinajstić information content (AvgIpc) is 2.52. The van der Waals surface area contributed by atoms with E-state index in [1.54, 1.807) is 0 Å². The molecule has 0 heterocycles. The van der Waals surface area contributed by atoms with Crippen LogP contribution in [0.5, 0.6) is 0 Å². The molecular weight excluding hydrogens is 319 g/mol. The molecule has 1 N–H and O–H groups in total. The largest absolute Gasteiger partial charge is 0.416 e. The average molecular weight is 343 g/mol. The highest BCUT2D eigenvalue weighted by atomic mass is 19.4. The molecule has 1 aliphatic carbocycles. The molecule has 2 rings (SSSR count). The van der Waals surface area contributed by atoms with E-state index in [4.69, 9.17) is 4.74 Å². The predicted octanol–water partition coefficient (Wildman–Crippen LogP) is 3.96. The quantitative estimate of drug-likeness (QED) is 0.794. The SMILES string of the molecule is C[C@H]1CCCC[C@@H]1OCCNC(=O)Cc1cccc(C(F)(F)F)c1. The number of rotatable bonds is 6. The summed E-state index contributed by atoms with van der Waals surface area (Å²) in [6.45, 7) is 2.99. The molecule has 1 saturated carbocycles. The van der Waals surface area contributed by atoms with E-state index < -0.39 is 11.7 Å². The zero-order chi connectivity index (χ0) is 17.6. The third-order valence-corrected chi connectivity index (χ3v) is 4.41. The molecule has 1 aromatic carbocycles. The molecule has 1 amide bonds. The summed E-state index contributed by atoms with van der Waals surface area (Å²) in [4.78, 5) is 11.8. The molecule has 0 bridgehead atoms. The smallest absolute Gasteiger partial charge is 0.376 e. The Morgan fingerprint density at radius 1 is 1.29 bits per heavy atom. The van der Waals surface area contributed by atoms with E-state index in [9.17, 15) is 18.0 Å². The van der Waals surface area contributed by atoms with Crippen LogP contribution < -0.4 is 5.32 Å². The maximum Gasteiger partial charge on any atom is 0.416 e. The fourth-order valence-corrected chi connectivity index (χ4v) is 3.04. The van der Waals surface area contributed by atoms with Crippen LogP contribution in [0.1, 0.15) is 43.7 Å². The van der Waals surface area contributed by atoms with Gasteiger partial charge in [-0.2, -0.15) is 13.2 Å². The lowest BCUT2D eigenvalue weighted by molar-refractivity contribution is -0.137. The van der Waals surface area contributed by atoms with Gasteiger partial charge in [0.15, 0.2) is 0 Å². The number of hydrogen-bond acceptors (Lipinski definition) is 2. The highest BCUT2D eigenvalue weighted by Gasteiger charge is 2.30. The van der Waals surface area contributed by atoms with Crippen LogP contribution in [-0.4, -0.2) is 25.2 Å². The predicted molar refractivity (Wildman–Crippen MR) is 85.5 cm³/mol. The monoisotopic (exact) mass is 343 g/mol. The molecule has 0 aliphatic heterocycles. The summed E-state index contributed by atoms with van der Waals surface area (Å²) in [6.07, 6.45) is 0.442. The summed E-state index contributed by atoms with van der Waals surface area (Å²) < 4.78 is 43.7. The standard InChI is InChI=1S/C18H24F3NO2/c1-13-5-2-3-8-16(13)24-10-9-22-17(23)12-14-6-4-7-15(11-14)18(19,20)21/h4,6-7,11,13,16H,2-3,5,8-10,12H2,1H3,(H,22,23)/t13-,16-/m0/s1. The lowest BCUT2D eigenvalue weighted by atomic mass is 9.88. The second-order valence-electron chi connectivity index (χ2n) is 6.40. The van der Waals surface area contributed by atoms with Crippen LogP contribution in [0.3, 0.4) is 0 Å². The Labute approximate surface area is 140 Å². The van der Waals surface area contributed by atoms with E-state index in [1.807, 2.05) is 0 Å². The number of alkyl halides is 3. The maximum absolute atomic E-state index is 12.6. The summed E-state index contributed by atoms with van der Waals surface area (Å²) in [6, 6.07) is 4.86. The van der Waals surface area contributed by atoms with Crippen molar-refractivity contribution in [2.75, 3.05) is 13.2 Å². The van der Waals surface area contributed by atoms with Crippen molar-refractivity contribution < 1.29 is 22.7 Å². The topological polar surface area (TPSA) is 38.3 Å². The Morgan fingerprint density at radius 3 is 2.75 bits per heavy atom. The van der Waals surface area contributed by atoms with Gasteiger partial charge in [-0.3, -0.25) is 4.79 Å². The van der Waals surface area contributed by atoms with Crippen molar-refractivity contribution in [3.05, 3.63) is 35.4 Å². The van der Waals surface area contributed by atoms with Crippen molar-refractivity contribution >= 4 is 5.91 Å². The zero-order valence-corrected chi connectivity index (χ0v) is 13.9. The number of carbonyl (C=O) groups excluding carboxylic acids is 1. The lowest BCUT2D eigenvalue weighted by Crippen LogP contribution is -2.32. The van der Waals surface area contributed by atoms with Gasteiger partial charge in [0.1, 0.15) is 0 Å². The van der Waals surface area contributed by atoms with Crippen LogP contribution in [0, 0.1) is 5.92 Å². The molecule has 0 radical (unpaired) electrons. The summed E-state index contributed by atoms with van der Waals surface area (Å²) in [5.74, 6) is 0.245. The number of halogens is 3. The number of amides is 1. The van der Waals surface area contributed by atoms with Gasteiger partial charge in [-0.1, -0.05) is 38.0 Å². The Balaban J connectivity index is 1.71. The van der Waals surface area contributed by atoms with Crippen molar-refractivity contribution in [2.45, 2.75) is 51.3 Å². The second-order valence-corrected chi connectivity index (χ2v) is 6.40. The Bertz CT molecular complexity index is 545. The highest BCUT2D eigenvalue weighted by Crippen LogP contribution is 2.29. The van der Waals surface area contributed by atoms with Crippen LogP contribution in [0.2, 0.25) is 0 Å². The van der Waals surface area contributed by atoms with Crippen LogP contribution in [-0.2, 0) is 22.1 Å². The Morgan fingerprint density at radius 2 is 2.04 bits per heavy atom. The first-order valence-electron chi connectivity index (χ1n) is 8.40. The normalized spacial score (nSPS) is 21.5. The maximum atomic E-state index is 12.6. The minimum Gasteiger partial charge on any atom is -0.376 e. The van der Waals surface area contributed by atoms with Crippen LogP contribution in [0.15, 0.2) is 24.3 Å². The number of benzene rings is 1. The van der Waals surface area contributed by atoms with Crippen molar-refractivity contribution in [1.29, 1.82) is 0 Å². The van der Waals surface area contributed by atoms with Crippen LogP contribution in [0.25, 0.3) is 0 Å². The van der Waals surface area contributed by atoms with Gasteiger partial charge in [-0.15, -0.1) is 0 Å². The van der Waals surface area contributed by atoms with Crippen LogP contribution in [0.4, 0.5) is 13.2 Å². The molecule has 134 valence electrons. The molecule has 0 unspecified atom stereocenters. The molecule has 0 spiro atoms. The fourth-order valence-electron chi connectivity index (χ4n) is 3.04. The first kappa shape index (κ1) is 18.8. The van der Waals surface area contributed by atoms with E-state index in [0.717, 1.165) is 18.6 Å². The number of carbonyl (C=O) groups is 1. The zero-order valence-electron chi connectivity index (χ0n) is 13.9. The van der Waals surface area contributed by atoms with Crippen LogP contribution >= 0.6 is 0 Å². The van der Waals surface area contributed by atoms with Crippen molar-refractivity contribution in [3.8, 4) is 0 Å². The fraction of sp³-hybridized carbons (Fsp3) is 0.611. The molecule has 1 fully saturated rings. The lowest BCUT2D eigenvalue weighted by Gasteiger charge is -2.28. The summed E-state index contributed by atoms with van der Waals surface area (Å²) in [7, 11) is 0. The van der Waals surface area contributed by atoms with Gasteiger partial charge in [0.2, 0.25) is 5.91 Å². The van der Waals surface area contributed by atoms with Gasteiger partial charge in [-0.25, -0.2) is 0 Å². The first-order chi connectivity index (χ1) is 11.4. The van der Waals surface area contributed by atoms with E-state index >= 15 is 0 Å². The molecular formula is C18H24F3NO2. The first-order valence-corrected chi connectivity index (χ1v) is 8.40. The van der Waals surface area contributed by atoms with Gasteiger partial charge in [0.25, 0.3) is 0 Å². The van der Waals surface area contributed by atoms with E-state index in [0.29, 0.717) is 24.6 Å². The molecule has 2 atom stereocenters. The van der Waals surface area contributed by atoms with Crippen molar-refractivity contribution in [3.63, 3.8) is 0 Å². The Kier molecular flexibility index (Phi) is 6.66. The van der Waals surface area contributed by atoms with E-state index in [2.05, 4.69) is 12.2 Å². The minimum absolute atomic E-state index is 0.0657. The highest BCUT2D eigenvalue weighted by molar-refractivity contribution is 5.78. The molecule has 1 aromatic rings. The van der Waals surface area contributed by atoms with Gasteiger partial charge < -0.3 is 10.1 Å². The Hall–Kier alpha value is -1.56. The van der Waals surface area contributed by atoms with Gasteiger partial charge in [0.05, 0.1) is 24.7 Å². The third-order valence-electron chi connectivity index (χ3n) is 4.41. The molecule has 1 aliphatic rings. The molecule has 6 heteroatoms. The number of ether oxygens (including phenoxy) is 1. The molecule has 3 nitrogen and oxygen atoms in total. The molecule has 0 aromatic heterocycles. The summed E-state index contributed by atoms with van der Waals surface area (Å²) in [5, 5.41) is 2.70. The van der Waals surface area contributed by atoms with E-state index in [-0.39, 0.29) is 18.4 Å².